The van der Waals surface area contributed by atoms with E-state index in [0.29, 0.717) is 0 Å². The molecule has 0 aliphatic carbocycles. The second kappa shape index (κ2) is 4.83. The van der Waals surface area contributed by atoms with Gasteiger partial charge >= 0.3 is 0 Å². The van der Waals surface area contributed by atoms with E-state index >= 15 is 0 Å². The molecular formula is C11H16ClNOS. The molecule has 0 bridgehead atoms. The molecule has 1 unspecified atom stereocenters. The molecule has 15 heavy (non-hydrogen) atoms. The molecular weight excluding hydrogens is 230 g/mol. The molecule has 2 nitrogen and oxygen atoms in total. The summed E-state index contributed by atoms with van der Waals surface area (Å²) in [5.41, 5.74) is 0.0342. The van der Waals surface area contributed by atoms with Crippen LogP contribution in [0.1, 0.15) is 17.7 Å². The van der Waals surface area contributed by atoms with Crippen LogP contribution in [-0.2, 0) is 6.42 Å². The molecule has 1 aliphatic rings. The van der Waals surface area contributed by atoms with Gasteiger partial charge in [0.1, 0.15) is 0 Å². The Morgan fingerprint density at radius 2 is 2.40 bits per heavy atom. The highest BCUT2D eigenvalue weighted by molar-refractivity contribution is 7.16. The SMILES string of the molecule is OCC1(Cc2ccc(Cl)s2)CCCNC1. The van der Waals surface area contributed by atoms with Crippen LogP contribution in [0, 0.1) is 5.41 Å². The van der Waals surface area contributed by atoms with Crippen molar-refractivity contribution in [2.24, 2.45) is 5.41 Å². The van der Waals surface area contributed by atoms with Gasteiger partial charge in [-0.15, -0.1) is 11.3 Å². The zero-order valence-electron chi connectivity index (χ0n) is 8.63. The van der Waals surface area contributed by atoms with Crippen molar-refractivity contribution in [2.75, 3.05) is 19.7 Å². The van der Waals surface area contributed by atoms with Crippen molar-refractivity contribution >= 4 is 22.9 Å². The van der Waals surface area contributed by atoms with Crippen LogP contribution in [0.3, 0.4) is 0 Å². The summed E-state index contributed by atoms with van der Waals surface area (Å²) in [7, 11) is 0. The molecule has 4 heteroatoms. The number of thiophene rings is 1. The highest BCUT2D eigenvalue weighted by Gasteiger charge is 2.31. The number of nitrogens with one attached hydrogen (secondary N) is 1. The van der Waals surface area contributed by atoms with Crippen molar-refractivity contribution in [1.82, 2.24) is 5.32 Å². The molecule has 1 atom stereocenters. The van der Waals surface area contributed by atoms with Gasteiger partial charge in [0, 0.05) is 16.8 Å². The van der Waals surface area contributed by atoms with Crippen molar-refractivity contribution in [1.29, 1.82) is 0 Å². The largest absolute Gasteiger partial charge is 0.396 e. The second-order valence-corrected chi connectivity index (χ2v) is 6.12. The van der Waals surface area contributed by atoms with Gasteiger partial charge in [-0.25, -0.2) is 0 Å². The minimum atomic E-state index is 0.0342. The summed E-state index contributed by atoms with van der Waals surface area (Å²) in [5.74, 6) is 0. The summed E-state index contributed by atoms with van der Waals surface area (Å²) >= 11 is 7.53. The summed E-state index contributed by atoms with van der Waals surface area (Å²) in [6.45, 7) is 2.25. The summed E-state index contributed by atoms with van der Waals surface area (Å²) in [6, 6.07) is 4.00. The Kier molecular flexibility index (Phi) is 3.67. The maximum atomic E-state index is 9.54. The Bertz CT molecular complexity index is 320. The van der Waals surface area contributed by atoms with Crippen LogP contribution >= 0.6 is 22.9 Å². The Hall–Kier alpha value is -0.0900. The minimum absolute atomic E-state index is 0.0342. The van der Waals surface area contributed by atoms with Gasteiger partial charge in [0.05, 0.1) is 10.9 Å². The number of piperidine rings is 1. The maximum absolute atomic E-state index is 9.54. The molecule has 0 aromatic carbocycles. The molecule has 84 valence electrons. The summed E-state index contributed by atoms with van der Waals surface area (Å²) in [6.07, 6.45) is 3.19. The monoisotopic (exact) mass is 245 g/mol. The molecule has 2 N–H and O–H groups in total. The number of aliphatic hydroxyl groups excluding tert-OH is 1. The van der Waals surface area contributed by atoms with E-state index in [2.05, 4.69) is 11.4 Å². The van der Waals surface area contributed by atoms with Crippen LogP contribution in [0.4, 0.5) is 0 Å². The van der Waals surface area contributed by atoms with Gasteiger partial charge in [0.15, 0.2) is 0 Å². The molecule has 1 saturated heterocycles. The molecule has 1 aromatic heterocycles. The molecule has 1 aliphatic heterocycles. The van der Waals surface area contributed by atoms with Crippen LogP contribution < -0.4 is 5.32 Å². The molecule has 1 fully saturated rings. The van der Waals surface area contributed by atoms with Crippen molar-refractivity contribution in [3.63, 3.8) is 0 Å². The first-order chi connectivity index (χ1) is 7.24. The summed E-state index contributed by atoms with van der Waals surface area (Å²) in [5, 5.41) is 12.9. The first-order valence-corrected chi connectivity index (χ1v) is 6.49. The topological polar surface area (TPSA) is 32.3 Å². The lowest BCUT2D eigenvalue weighted by Gasteiger charge is -2.35. The van der Waals surface area contributed by atoms with E-state index in [1.807, 2.05) is 6.07 Å². The van der Waals surface area contributed by atoms with Gasteiger partial charge in [-0.05, 0) is 37.9 Å². The third-order valence-electron chi connectivity index (χ3n) is 3.07. The molecule has 0 spiro atoms. The van der Waals surface area contributed by atoms with E-state index in [-0.39, 0.29) is 12.0 Å². The zero-order valence-corrected chi connectivity index (χ0v) is 10.2. The lowest BCUT2D eigenvalue weighted by atomic mass is 9.78. The number of aliphatic hydroxyl groups is 1. The molecule has 2 rings (SSSR count). The number of hydrogen-bond donors (Lipinski definition) is 2. The number of halogens is 1. The lowest BCUT2D eigenvalue weighted by Crippen LogP contribution is -2.43. The van der Waals surface area contributed by atoms with E-state index in [0.717, 1.165) is 36.7 Å². The Morgan fingerprint density at radius 1 is 1.53 bits per heavy atom. The van der Waals surface area contributed by atoms with Crippen molar-refractivity contribution in [2.45, 2.75) is 19.3 Å². The normalized spacial score (nSPS) is 26.8. The van der Waals surface area contributed by atoms with Crippen molar-refractivity contribution < 1.29 is 5.11 Å². The highest BCUT2D eigenvalue weighted by Crippen LogP contribution is 2.33. The standard InChI is InChI=1S/C11H16ClNOS/c12-10-3-2-9(15-10)6-11(8-14)4-1-5-13-7-11/h2-3,13-14H,1,4-8H2. The molecule has 0 radical (unpaired) electrons. The number of hydrogen-bond acceptors (Lipinski definition) is 3. The summed E-state index contributed by atoms with van der Waals surface area (Å²) < 4.78 is 0.835. The lowest BCUT2D eigenvalue weighted by molar-refractivity contribution is 0.0956. The minimum Gasteiger partial charge on any atom is -0.396 e. The van der Waals surface area contributed by atoms with Crippen molar-refractivity contribution in [3.05, 3.63) is 21.3 Å². The van der Waals surface area contributed by atoms with E-state index in [4.69, 9.17) is 11.6 Å². The predicted octanol–water partition coefficient (Wildman–Crippen LogP) is 2.31. The first-order valence-electron chi connectivity index (χ1n) is 5.30. The third kappa shape index (κ3) is 2.72. The maximum Gasteiger partial charge on any atom is 0.0931 e. The van der Waals surface area contributed by atoms with Crippen LogP contribution in [0.2, 0.25) is 4.34 Å². The average molecular weight is 246 g/mol. The molecule has 0 amide bonds. The smallest absolute Gasteiger partial charge is 0.0931 e. The van der Waals surface area contributed by atoms with E-state index in [1.165, 1.54) is 4.88 Å². The van der Waals surface area contributed by atoms with Crippen LogP contribution in [-0.4, -0.2) is 24.8 Å². The molecule has 0 saturated carbocycles. The second-order valence-electron chi connectivity index (χ2n) is 4.32. The zero-order chi connectivity index (χ0) is 10.7. The highest BCUT2D eigenvalue weighted by atomic mass is 35.5. The van der Waals surface area contributed by atoms with E-state index in [9.17, 15) is 5.11 Å². The quantitative estimate of drug-likeness (QED) is 0.857. The first kappa shape index (κ1) is 11.4. The van der Waals surface area contributed by atoms with Gasteiger partial charge < -0.3 is 10.4 Å². The molecule has 2 heterocycles. The van der Waals surface area contributed by atoms with Crippen molar-refractivity contribution in [3.8, 4) is 0 Å². The average Bonchev–Trinajstić information content (AvgIpc) is 2.65. The Balaban J connectivity index is 2.06. The molecule has 1 aromatic rings. The van der Waals surface area contributed by atoms with E-state index < -0.39 is 0 Å². The summed E-state index contributed by atoms with van der Waals surface area (Å²) in [4.78, 5) is 1.28. The predicted molar refractivity (Wildman–Crippen MR) is 64.7 cm³/mol. The van der Waals surface area contributed by atoms with Crippen LogP contribution in [0.5, 0.6) is 0 Å². The van der Waals surface area contributed by atoms with Gasteiger partial charge in [-0.3, -0.25) is 0 Å². The van der Waals surface area contributed by atoms with Gasteiger partial charge in [0.25, 0.3) is 0 Å². The van der Waals surface area contributed by atoms with E-state index in [1.54, 1.807) is 11.3 Å². The fourth-order valence-electron chi connectivity index (χ4n) is 2.19. The van der Waals surface area contributed by atoms with Crippen LogP contribution in [0.25, 0.3) is 0 Å². The fraction of sp³-hybridized carbons (Fsp3) is 0.636. The fourth-order valence-corrected chi connectivity index (χ4v) is 3.45. The number of rotatable bonds is 3. The van der Waals surface area contributed by atoms with Gasteiger partial charge in [-0.1, -0.05) is 11.6 Å². The van der Waals surface area contributed by atoms with Gasteiger partial charge in [0.2, 0.25) is 0 Å². The third-order valence-corrected chi connectivity index (χ3v) is 4.31. The Morgan fingerprint density at radius 3 is 2.93 bits per heavy atom. The van der Waals surface area contributed by atoms with Crippen LogP contribution in [0.15, 0.2) is 12.1 Å². The van der Waals surface area contributed by atoms with Gasteiger partial charge in [-0.2, -0.15) is 0 Å². The Labute approximate surface area is 99.3 Å².